The summed E-state index contributed by atoms with van der Waals surface area (Å²) >= 11 is 6.16. The van der Waals surface area contributed by atoms with Gasteiger partial charge in [0.05, 0.1) is 17.7 Å². The first-order valence-electron chi connectivity index (χ1n) is 15.1. The predicted octanol–water partition coefficient (Wildman–Crippen LogP) is 6.41. The minimum Gasteiger partial charge on any atom is -0.495 e. The van der Waals surface area contributed by atoms with Crippen LogP contribution in [0.2, 0.25) is 5.02 Å². The van der Waals surface area contributed by atoms with Crippen molar-refractivity contribution in [1.82, 2.24) is 10.2 Å². The SMILES string of the molecule is CC[C@H](C)NC(=O)[C@H](Cc1ccccc1)N(Cc1ccc(Cl)cc1)C(=O)CN(c1ccccc1OC)S(=O)(=O)c1ccc(C)cc1. The molecule has 0 radical (unpaired) electrons. The summed E-state index contributed by atoms with van der Waals surface area (Å²) in [7, 11) is -2.81. The molecule has 0 aromatic heterocycles. The molecular formula is C36H40ClN3O5S. The van der Waals surface area contributed by atoms with Gasteiger partial charge in [0.2, 0.25) is 11.8 Å². The minimum atomic E-state index is -4.25. The fourth-order valence-electron chi connectivity index (χ4n) is 4.97. The van der Waals surface area contributed by atoms with Crippen LogP contribution in [0.4, 0.5) is 5.69 Å². The van der Waals surface area contributed by atoms with Gasteiger partial charge in [-0.2, -0.15) is 0 Å². The summed E-state index contributed by atoms with van der Waals surface area (Å²) in [4.78, 5) is 30.0. The van der Waals surface area contributed by atoms with Crippen LogP contribution >= 0.6 is 11.6 Å². The van der Waals surface area contributed by atoms with Crippen LogP contribution in [-0.4, -0.2) is 50.9 Å². The van der Waals surface area contributed by atoms with Crippen molar-refractivity contribution < 1.29 is 22.7 Å². The highest BCUT2D eigenvalue weighted by molar-refractivity contribution is 7.92. The molecule has 2 amide bonds. The van der Waals surface area contributed by atoms with Crippen molar-refractivity contribution in [2.45, 2.75) is 57.1 Å². The Hall–Kier alpha value is -4.34. The number of halogens is 1. The molecule has 0 bridgehead atoms. The Morgan fingerprint density at radius 1 is 0.870 bits per heavy atom. The summed E-state index contributed by atoms with van der Waals surface area (Å²) in [5.41, 5.74) is 2.69. The van der Waals surface area contributed by atoms with Gasteiger partial charge in [0, 0.05) is 24.0 Å². The molecule has 2 atom stereocenters. The van der Waals surface area contributed by atoms with E-state index in [0.717, 1.165) is 21.0 Å². The number of carbonyl (C=O) groups is 2. The van der Waals surface area contributed by atoms with Crippen molar-refractivity contribution in [2.75, 3.05) is 18.0 Å². The fourth-order valence-corrected chi connectivity index (χ4v) is 6.52. The lowest BCUT2D eigenvalue weighted by Gasteiger charge is -2.34. The van der Waals surface area contributed by atoms with Crippen LogP contribution in [0.3, 0.4) is 0 Å². The second-order valence-electron chi connectivity index (χ2n) is 11.2. The van der Waals surface area contributed by atoms with Gasteiger partial charge >= 0.3 is 0 Å². The molecule has 0 saturated carbocycles. The number of anilines is 1. The van der Waals surface area contributed by atoms with Gasteiger partial charge in [0.25, 0.3) is 10.0 Å². The predicted molar refractivity (Wildman–Crippen MR) is 183 cm³/mol. The molecule has 0 aliphatic heterocycles. The van der Waals surface area contributed by atoms with E-state index in [0.29, 0.717) is 11.4 Å². The minimum absolute atomic E-state index is 0.0245. The van der Waals surface area contributed by atoms with E-state index in [1.807, 2.05) is 51.1 Å². The molecule has 0 aliphatic rings. The van der Waals surface area contributed by atoms with E-state index in [-0.39, 0.29) is 41.2 Å². The third kappa shape index (κ3) is 8.68. The van der Waals surface area contributed by atoms with Gasteiger partial charge in [-0.3, -0.25) is 13.9 Å². The number of sulfonamides is 1. The third-order valence-electron chi connectivity index (χ3n) is 7.78. The second kappa shape index (κ2) is 15.8. The Morgan fingerprint density at radius 3 is 2.13 bits per heavy atom. The van der Waals surface area contributed by atoms with E-state index in [4.69, 9.17) is 16.3 Å². The van der Waals surface area contributed by atoms with Crippen LogP contribution in [-0.2, 0) is 32.6 Å². The van der Waals surface area contributed by atoms with E-state index < -0.39 is 28.5 Å². The molecule has 4 aromatic rings. The van der Waals surface area contributed by atoms with Crippen LogP contribution in [0.25, 0.3) is 0 Å². The summed E-state index contributed by atoms with van der Waals surface area (Å²) in [6.45, 7) is 5.21. The van der Waals surface area contributed by atoms with Gasteiger partial charge in [-0.1, -0.05) is 90.8 Å². The Labute approximate surface area is 277 Å². The van der Waals surface area contributed by atoms with E-state index >= 15 is 0 Å². The topological polar surface area (TPSA) is 96.0 Å². The molecule has 0 saturated heterocycles. The first-order chi connectivity index (χ1) is 22.0. The molecule has 10 heteroatoms. The third-order valence-corrected chi connectivity index (χ3v) is 9.81. The molecule has 0 unspecified atom stereocenters. The number of para-hydroxylation sites is 2. The number of ether oxygens (including phenoxy) is 1. The number of nitrogens with zero attached hydrogens (tertiary/aromatic N) is 2. The average molecular weight is 662 g/mol. The largest absolute Gasteiger partial charge is 0.495 e. The van der Waals surface area contributed by atoms with Crippen LogP contribution in [0, 0.1) is 6.92 Å². The summed E-state index contributed by atoms with van der Waals surface area (Å²) in [5.74, 6) is -0.604. The fraction of sp³-hybridized carbons (Fsp3) is 0.278. The molecular weight excluding hydrogens is 622 g/mol. The zero-order valence-corrected chi connectivity index (χ0v) is 28.1. The maximum Gasteiger partial charge on any atom is 0.264 e. The first-order valence-corrected chi connectivity index (χ1v) is 17.0. The van der Waals surface area contributed by atoms with Gasteiger partial charge in [0.1, 0.15) is 18.3 Å². The summed E-state index contributed by atoms with van der Waals surface area (Å²) in [6, 6.07) is 28.5. The number of hydrogen-bond acceptors (Lipinski definition) is 5. The van der Waals surface area contributed by atoms with Gasteiger partial charge in [-0.05, 0) is 67.8 Å². The number of benzene rings is 4. The van der Waals surface area contributed by atoms with E-state index in [2.05, 4.69) is 5.32 Å². The van der Waals surface area contributed by atoms with Crippen molar-refractivity contribution in [3.05, 3.63) is 125 Å². The number of carbonyl (C=O) groups excluding carboxylic acids is 2. The van der Waals surface area contributed by atoms with Crippen LogP contribution < -0.4 is 14.4 Å². The standard InChI is InChI=1S/C36H40ClN3O5S/c1-5-27(3)38-36(42)33(23-28-11-7-6-8-12-28)39(24-29-17-19-30(37)20-18-29)35(41)25-40(32-13-9-10-14-34(32)45-4)46(43,44)31-21-15-26(2)16-22-31/h6-22,27,33H,5,23-25H2,1-4H3,(H,38,42)/t27-,33-/m0/s1. The second-order valence-corrected chi connectivity index (χ2v) is 13.5. The van der Waals surface area contributed by atoms with Crippen LogP contribution in [0.5, 0.6) is 5.75 Å². The van der Waals surface area contributed by atoms with Crippen molar-refractivity contribution in [1.29, 1.82) is 0 Å². The molecule has 4 aromatic carbocycles. The zero-order valence-electron chi connectivity index (χ0n) is 26.5. The number of rotatable bonds is 14. The lowest BCUT2D eigenvalue weighted by atomic mass is 10.0. The molecule has 46 heavy (non-hydrogen) atoms. The Morgan fingerprint density at radius 2 is 1.50 bits per heavy atom. The van der Waals surface area contributed by atoms with Crippen molar-refractivity contribution in [3.63, 3.8) is 0 Å². The van der Waals surface area contributed by atoms with Crippen molar-refractivity contribution in [2.24, 2.45) is 0 Å². The Balaban J connectivity index is 1.83. The van der Waals surface area contributed by atoms with Crippen molar-refractivity contribution >= 4 is 39.1 Å². The highest BCUT2D eigenvalue weighted by Gasteiger charge is 2.35. The zero-order chi connectivity index (χ0) is 33.3. The van der Waals surface area contributed by atoms with Gasteiger partial charge in [-0.25, -0.2) is 8.42 Å². The molecule has 8 nitrogen and oxygen atoms in total. The number of hydrogen-bond donors (Lipinski definition) is 1. The number of aryl methyl sites for hydroxylation is 1. The number of methoxy groups -OCH3 is 1. The number of nitrogens with one attached hydrogen (secondary N) is 1. The van der Waals surface area contributed by atoms with Crippen molar-refractivity contribution in [3.8, 4) is 5.75 Å². The van der Waals surface area contributed by atoms with Crippen LogP contribution in [0.15, 0.2) is 108 Å². The maximum atomic E-state index is 14.6. The summed E-state index contributed by atoms with van der Waals surface area (Å²) < 4.78 is 35.1. The molecule has 242 valence electrons. The molecule has 0 fully saturated rings. The number of amides is 2. The molecule has 0 aliphatic carbocycles. The Bertz CT molecular complexity index is 1720. The smallest absolute Gasteiger partial charge is 0.264 e. The van der Waals surface area contributed by atoms with Gasteiger partial charge in [0.15, 0.2) is 0 Å². The van der Waals surface area contributed by atoms with E-state index in [1.54, 1.807) is 60.7 Å². The Kier molecular flexibility index (Phi) is 11.8. The van der Waals surface area contributed by atoms with E-state index in [9.17, 15) is 18.0 Å². The summed E-state index contributed by atoms with van der Waals surface area (Å²) in [6.07, 6.45) is 0.924. The lowest BCUT2D eigenvalue weighted by Crippen LogP contribution is -2.54. The normalized spacial score (nSPS) is 12.5. The molecule has 1 N–H and O–H groups in total. The highest BCUT2D eigenvalue weighted by atomic mass is 35.5. The maximum absolute atomic E-state index is 14.6. The van der Waals surface area contributed by atoms with Gasteiger partial charge in [-0.15, -0.1) is 0 Å². The van der Waals surface area contributed by atoms with Crippen LogP contribution in [0.1, 0.15) is 37.0 Å². The molecule has 4 rings (SSSR count). The van der Waals surface area contributed by atoms with E-state index in [1.165, 1.54) is 24.1 Å². The first kappa shape index (κ1) is 34.5. The van der Waals surface area contributed by atoms with Gasteiger partial charge < -0.3 is 15.0 Å². The lowest BCUT2D eigenvalue weighted by molar-refractivity contribution is -0.140. The average Bonchev–Trinajstić information content (AvgIpc) is 3.06. The highest BCUT2D eigenvalue weighted by Crippen LogP contribution is 2.33. The molecule has 0 heterocycles. The molecule has 0 spiro atoms. The summed E-state index contributed by atoms with van der Waals surface area (Å²) in [5, 5.41) is 3.57. The monoisotopic (exact) mass is 661 g/mol. The quantitative estimate of drug-likeness (QED) is 0.169.